The maximum atomic E-state index is 13.4. The Morgan fingerprint density at radius 2 is 1.48 bits per heavy atom. The van der Waals surface area contributed by atoms with Crippen LogP contribution in [0, 0.1) is 13.8 Å². The van der Waals surface area contributed by atoms with Gasteiger partial charge in [0.1, 0.15) is 11.4 Å². The molecule has 5 nitrogen and oxygen atoms in total. The lowest BCUT2D eigenvalue weighted by molar-refractivity contribution is -0.120. The first kappa shape index (κ1) is 20.4. The standard InChI is InChI=1S/C26H24N2O3/c1-4-31-22-12-10-19(11-13-22)23-24(27-20-15-17(2)14-18(3)16-20)26(30)28(25(23)29)21-8-6-5-7-9-21/h5-16,27H,4H2,1-3H3. The molecule has 0 saturated carbocycles. The number of aryl methyl sites for hydroxylation is 2. The molecular formula is C26H24N2O3. The largest absolute Gasteiger partial charge is 0.494 e. The molecule has 1 N–H and O–H groups in total. The average Bonchev–Trinajstić information content (AvgIpc) is 2.98. The lowest BCUT2D eigenvalue weighted by Gasteiger charge is -2.15. The van der Waals surface area contributed by atoms with Crippen molar-refractivity contribution in [3.63, 3.8) is 0 Å². The second-order valence-corrected chi connectivity index (χ2v) is 7.49. The number of ether oxygens (including phenoxy) is 1. The number of carbonyl (C=O) groups excluding carboxylic acids is 2. The third-order valence-corrected chi connectivity index (χ3v) is 5.04. The van der Waals surface area contributed by atoms with Crippen LogP contribution in [0.25, 0.3) is 5.57 Å². The first-order chi connectivity index (χ1) is 15.0. The van der Waals surface area contributed by atoms with E-state index in [4.69, 9.17) is 4.74 Å². The van der Waals surface area contributed by atoms with Crippen molar-refractivity contribution < 1.29 is 14.3 Å². The van der Waals surface area contributed by atoms with Crippen LogP contribution in [0.4, 0.5) is 11.4 Å². The summed E-state index contributed by atoms with van der Waals surface area (Å²) >= 11 is 0. The summed E-state index contributed by atoms with van der Waals surface area (Å²) < 4.78 is 5.52. The van der Waals surface area contributed by atoms with Crippen molar-refractivity contribution in [3.8, 4) is 5.75 Å². The molecule has 5 heteroatoms. The number of hydrogen-bond donors (Lipinski definition) is 1. The van der Waals surface area contributed by atoms with Crippen LogP contribution < -0.4 is 15.0 Å². The number of rotatable bonds is 6. The fourth-order valence-corrected chi connectivity index (χ4v) is 3.80. The van der Waals surface area contributed by atoms with Crippen molar-refractivity contribution in [2.24, 2.45) is 0 Å². The van der Waals surface area contributed by atoms with Gasteiger partial charge in [0, 0.05) is 5.69 Å². The van der Waals surface area contributed by atoms with Gasteiger partial charge < -0.3 is 10.1 Å². The maximum absolute atomic E-state index is 13.4. The third kappa shape index (κ3) is 4.08. The summed E-state index contributed by atoms with van der Waals surface area (Å²) in [5, 5.41) is 3.23. The Morgan fingerprint density at radius 3 is 2.10 bits per heavy atom. The van der Waals surface area contributed by atoms with Crippen molar-refractivity contribution in [2.45, 2.75) is 20.8 Å². The Hall–Kier alpha value is -3.86. The van der Waals surface area contributed by atoms with E-state index in [1.54, 1.807) is 12.1 Å². The van der Waals surface area contributed by atoms with Crippen LogP contribution in [-0.2, 0) is 9.59 Å². The summed E-state index contributed by atoms with van der Waals surface area (Å²) in [7, 11) is 0. The number of amides is 2. The zero-order chi connectivity index (χ0) is 22.0. The molecule has 1 aliphatic rings. The maximum Gasteiger partial charge on any atom is 0.282 e. The molecule has 31 heavy (non-hydrogen) atoms. The minimum Gasteiger partial charge on any atom is -0.494 e. The molecule has 0 radical (unpaired) electrons. The Bertz CT molecular complexity index is 1140. The number of nitrogens with one attached hydrogen (secondary N) is 1. The number of carbonyl (C=O) groups is 2. The number of nitrogens with zero attached hydrogens (tertiary/aromatic N) is 1. The fourth-order valence-electron chi connectivity index (χ4n) is 3.80. The number of imide groups is 1. The molecule has 0 aliphatic carbocycles. The molecule has 2 amide bonds. The van der Waals surface area contributed by atoms with Crippen LogP contribution in [0.15, 0.2) is 78.5 Å². The van der Waals surface area contributed by atoms with Gasteiger partial charge >= 0.3 is 0 Å². The van der Waals surface area contributed by atoms with E-state index in [9.17, 15) is 9.59 Å². The molecule has 3 aromatic carbocycles. The van der Waals surface area contributed by atoms with E-state index in [0.717, 1.165) is 16.8 Å². The van der Waals surface area contributed by atoms with Crippen LogP contribution in [0.3, 0.4) is 0 Å². The minimum absolute atomic E-state index is 0.267. The van der Waals surface area contributed by atoms with Crippen molar-refractivity contribution in [1.29, 1.82) is 0 Å². The molecule has 0 bridgehead atoms. The molecule has 1 aliphatic heterocycles. The predicted octanol–water partition coefficient (Wildman–Crippen LogP) is 5.10. The fraction of sp³-hybridized carbons (Fsp3) is 0.154. The summed E-state index contributed by atoms with van der Waals surface area (Å²) in [6.07, 6.45) is 0. The highest BCUT2D eigenvalue weighted by molar-refractivity contribution is 6.46. The van der Waals surface area contributed by atoms with E-state index in [1.807, 2.05) is 75.4 Å². The SMILES string of the molecule is CCOc1ccc(C2=C(Nc3cc(C)cc(C)c3)C(=O)N(c3ccccc3)C2=O)cc1. The van der Waals surface area contributed by atoms with Gasteiger partial charge in [-0.3, -0.25) is 9.59 Å². The molecule has 156 valence electrons. The second kappa shape index (κ2) is 8.48. The van der Waals surface area contributed by atoms with E-state index in [-0.39, 0.29) is 17.5 Å². The molecule has 0 fully saturated rings. The van der Waals surface area contributed by atoms with Crippen molar-refractivity contribution in [1.82, 2.24) is 0 Å². The summed E-state index contributed by atoms with van der Waals surface area (Å²) in [5.41, 5.74) is 4.72. The highest BCUT2D eigenvalue weighted by atomic mass is 16.5. The lowest BCUT2D eigenvalue weighted by atomic mass is 10.0. The predicted molar refractivity (Wildman–Crippen MR) is 123 cm³/mol. The van der Waals surface area contributed by atoms with Gasteiger partial charge in [-0.1, -0.05) is 36.4 Å². The molecule has 3 aromatic rings. The first-order valence-electron chi connectivity index (χ1n) is 10.2. The molecule has 4 rings (SSSR count). The van der Waals surface area contributed by atoms with Gasteiger partial charge in [0.15, 0.2) is 0 Å². The van der Waals surface area contributed by atoms with Crippen LogP contribution >= 0.6 is 0 Å². The van der Waals surface area contributed by atoms with Gasteiger partial charge in [0.05, 0.1) is 17.9 Å². The molecule has 0 spiro atoms. The highest BCUT2D eigenvalue weighted by Gasteiger charge is 2.40. The van der Waals surface area contributed by atoms with Crippen LogP contribution in [-0.4, -0.2) is 18.4 Å². The van der Waals surface area contributed by atoms with Gasteiger partial charge in [-0.25, -0.2) is 4.90 Å². The van der Waals surface area contributed by atoms with Gasteiger partial charge in [-0.15, -0.1) is 0 Å². The lowest BCUT2D eigenvalue weighted by Crippen LogP contribution is -2.32. The van der Waals surface area contributed by atoms with Crippen molar-refractivity contribution in [3.05, 3.63) is 95.2 Å². The molecule has 0 aromatic heterocycles. The summed E-state index contributed by atoms with van der Waals surface area (Å²) in [6, 6.07) is 22.2. The molecule has 0 atom stereocenters. The monoisotopic (exact) mass is 412 g/mol. The summed E-state index contributed by atoms with van der Waals surface area (Å²) in [4.78, 5) is 28.1. The summed E-state index contributed by atoms with van der Waals surface area (Å²) in [6.45, 7) is 6.47. The quantitative estimate of drug-likeness (QED) is 0.573. The van der Waals surface area contributed by atoms with E-state index >= 15 is 0 Å². The Morgan fingerprint density at radius 1 is 0.839 bits per heavy atom. The Balaban J connectivity index is 1.80. The Labute approximate surface area is 182 Å². The third-order valence-electron chi connectivity index (χ3n) is 5.04. The zero-order valence-corrected chi connectivity index (χ0v) is 17.8. The average molecular weight is 412 g/mol. The number of hydrogen-bond acceptors (Lipinski definition) is 4. The topological polar surface area (TPSA) is 58.6 Å². The number of anilines is 2. The van der Waals surface area contributed by atoms with E-state index < -0.39 is 0 Å². The van der Waals surface area contributed by atoms with Crippen LogP contribution in [0.1, 0.15) is 23.6 Å². The molecule has 0 unspecified atom stereocenters. The molecular weight excluding hydrogens is 388 g/mol. The second-order valence-electron chi connectivity index (χ2n) is 7.49. The smallest absolute Gasteiger partial charge is 0.282 e. The van der Waals surface area contributed by atoms with Gasteiger partial charge in [0.2, 0.25) is 0 Å². The van der Waals surface area contributed by atoms with E-state index in [2.05, 4.69) is 11.4 Å². The molecule has 0 saturated heterocycles. The normalized spacial score (nSPS) is 13.7. The van der Waals surface area contributed by atoms with Gasteiger partial charge in [-0.2, -0.15) is 0 Å². The number of para-hydroxylation sites is 1. The van der Waals surface area contributed by atoms with E-state index in [1.165, 1.54) is 4.90 Å². The van der Waals surface area contributed by atoms with Crippen LogP contribution in [0.2, 0.25) is 0 Å². The van der Waals surface area contributed by atoms with Crippen LogP contribution in [0.5, 0.6) is 5.75 Å². The Kier molecular flexibility index (Phi) is 5.58. The van der Waals surface area contributed by atoms with Gasteiger partial charge in [-0.05, 0) is 73.9 Å². The summed E-state index contributed by atoms with van der Waals surface area (Å²) in [5.74, 6) is -0.0150. The van der Waals surface area contributed by atoms with E-state index in [0.29, 0.717) is 29.2 Å². The number of benzene rings is 3. The highest BCUT2D eigenvalue weighted by Crippen LogP contribution is 2.34. The molecule has 1 heterocycles. The van der Waals surface area contributed by atoms with Gasteiger partial charge in [0.25, 0.3) is 11.8 Å². The minimum atomic E-state index is -0.376. The van der Waals surface area contributed by atoms with Crippen molar-refractivity contribution >= 4 is 28.8 Å². The first-order valence-corrected chi connectivity index (χ1v) is 10.2. The van der Waals surface area contributed by atoms with Crippen molar-refractivity contribution in [2.75, 3.05) is 16.8 Å². The zero-order valence-electron chi connectivity index (χ0n) is 17.8.